The Hall–Kier alpha value is -1.64. The van der Waals surface area contributed by atoms with Crippen molar-refractivity contribution in [2.75, 3.05) is 11.5 Å². The Labute approximate surface area is 70.6 Å². The first kappa shape index (κ1) is 7.03. The Kier molecular flexibility index (Phi) is 1.27. The normalized spacial score (nSPS) is 10.8. The summed E-state index contributed by atoms with van der Waals surface area (Å²) in [5, 5.41) is 1.09. The number of aryl methyl sites for hydroxylation is 1. The Morgan fingerprint density at radius 2 is 2.00 bits per heavy atom. The van der Waals surface area contributed by atoms with E-state index in [0.29, 0.717) is 0 Å². The van der Waals surface area contributed by atoms with Crippen molar-refractivity contribution in [1.29, 1.82) is 0 Å². The number of hydrogen-bond donors (Lipinski definition) is 2. The van der Waals surface area contributed by atoms with Crippen LogP contribution in [0.4, 0.5) is 11.5 Å². The molecule has 0 fully saturated rings. The molecule has 2 aromatic rings. The number of nitrogen functional groups attached to an aromatic ring is 2. The van der Waals surface area contributed by atoms with Gasteiger partial charge in [-0.2, -0.15) is 0 Å². The van der Waals surface area contributed by atoms with E-state index in [4.69, 9.17) is 11.5 Å². The molecule has 12 heavy (non-hydrogen) atoms. The van der Waals surface area contributed by atoms with Crippen molar-refractivity contribution in [1.82, 2.24) is 4.57 Å². The van der Waals surface area contributed by atoms with E-state index in [0.717, 1.165) is 22.4 Å². The molecule has 3 heteroatoms. The maximum Gasteiger partial charge on any atom is 0.104 e. The SMILES string of the molecule is Cn1c(N)cc2cccc(N)c21. The summed E-state index contributed by atoms with van der Waals surface area (Å²) in [5.74, 6) is 0.739. The zero-order valence-electron chi connectivity index (χ0n) is 6.91. The fourth-order valence-corrected chi connectivity index (χ4v) is 1.47. The van der Waals surface area contributed by atoms with Gasteiger partial charge in [-0.05, 0) is 12.1 Å². The smallest absolute Gasteiger partial charge is 0.104 e. The van der Waals surface area contributed by atoms with E-state index < -0.39 is 0 Å². The third-order valence-corrected chi connectivity index (χ3v) is 2.12. The lowest BCUT2D eigenvalue weighted by Gasteiger charge is -2.00. The van der Waals surface area contributed by atoms with E-state index >= 15 is 0 Å². The highest BCUT2D eigenvalue weighted by molar-refractivity contribution is 5.93. The third kappa shape index (κ3) is 0.763. The van der Waals surface area contributed by atoms with Crippen LogP contribution in [0.2, 0.25) is 0 Å². The zero-order valence-corrected chi connectivity index (χ0v) is 6.91. The molecule has 0 saturated heterocycles. The molecule has 62 valence electrons. The quantitative estimate of drug-likeness (QED) is 0.573. The van der Waals surface area contributed by atoms with Crippen LogP contribution in [0.15, 0.2) is 24.3 Å². The Balaban J connectivity index is 2.97. The van der Waals surface area contributed by atoms with Gasteiger partial charge in [0.15, 0.2) is 0 Å². The fraction of sp³-hybridized carbons (Fsp3) is 0.111. The summed E-state index contributed by atoms with van der Waals surface area (Å²) in [6.45, 7) is 0. The lowest BCUT2D eigenvalue weighted by molar-refractivity contribution is 0.984. The predicted molar refractivity (Wildman–Crippen MR) is 51.7 cm³/mol. The second-order valence-electron chi connectivity index (χ2n) is 2.91. The molecule has 0 aliphatic heterocycles. The van der Waals surface area contributed by atoms with Crippen LogP contribution in [0, 0.1) is 0 Å². The van der Waals surface area contributed by atoms with Gasteiger partial charge in [-0.25, -0.2) is 0 Å². The van der Waals surface area contributed by atoms with Gasteiger partial charge in [0.1, 0.15) is 5.82 Å². The standard InChI is InChI=1S/C9H11N3/c1-12-8(11)5-6-3-2-4-7(10)9(6)12/h2-5H,10-11H2,1H3. The van der Waals surface area contributed by atoms with Crippen LogP contribution in [0.3, 0.4) is 0 Å². The molecular formula is C9H11N3. The van der Waals surface area contributed by atoms with Crippen molar-refractivity contribution in [3.8, 4) is 0 Å². The number of fused-ring (bicyclic) bond motifs is 1. The van der Waals surface area contributed by atoms with Gasteiger partial charge < -0.3 is 16.0 Å². The van der Waals surface area contributed by atoms with E-state index in [1.165, 1.54) is 0 Å². The van der Waals surface area contributed by atoms with Crippen molar-refractivity contribution in [2.24, 2.45) is 7.05 Å². The maximum atomic E-state index is 5.79. The first-order chi connectivity index (χ1) is 5.70. The van der Waals surface area contributed by atoms with Gasteiger partial charge in [0.05, 0.1) is 11.2 Å². The van der Waals surface area contributed by atoms with Gasteiger partial charge in [0, 0.05) is 12.4 Å². The number of anilines is 2. The monoisotopic (exact) mass is 161 g/mol. The van der Waals surface area contributed by atoms with E-state index in [9.17, 15) is 0 Å². The van der Waals surface area contributed by atoms with E-state index in [2.05, 4.69) is 0 Å². The van der Waals surface area contributed by atoms with Gasteiger partial charge in [0.2, 0.25) is 0 Å². The van der Waals surface area contributed by atoms with Gasteiger partial charge in [-0.1, -0.05) is 12.1 Å². The van der Waals surface area contributed by atoms with E-state index in [-0.39, 0.29) is 0 Å². The van der Waals surface area contributed by atoms with Gasteiger partial charge >= 0.3 is 0 Å². The lowest BCUT2D eigenvalue weighted by Crippen LogP contribution is -1.97. The summed E-state index contributed by atoms with van der Waals surface area (Å²) in [7, 11) is 1.91. The summed E-state index contributed by atoms with van der Waals surface area (Å²) in [6, 6.07) is 7.73. The summed E-state index contributed by atoms with van der Waals surface area (Å²) in [4.78, 5) is 0. The Bertz CT molecular complexity index is 429. The highest BCUT2D eigenvalue weighted by Gasteiger charge is 2.03. The molecule has 1 aromatic carbocycles. The minimum absolute atomic E-state index is 0.739. The molecule has 1 heterocycles. The molecule has 0 saturated carbocycles. The predicted octanol–water partition coefficient (Wildman–Crippen LogP) is 1.34. The number of para-hydroxylation sites is 1. The summed E-state index contributed by atoms with van der Waals surface area (Å²) < 4.78 is 1.89. The number of aromatic nitrogens is 1. The average Bonchev–Trinajstić information content (AvgIpc) is 2.29. The van der Waals surface area contributed by atoms with Crippen molar-refractivity contribution in [3.05, 3.63) is 24.3 Å². The molecule has 0 aliphatic rings. The van der Waals surface area contributed by atoms with Crippen LogP contribution >= 0.6 is 0 Å². The van der Waals surface area contributed by atoms with Crippen molar-refractivity contribution < 1.29 is 0 Å². The van der Waals surface area contributed by atoms with Gasteiger partial charge in [-0.3, -0.25) is 0 Å². The second kappa shape index (κ2) is 2.17. The second-order valence-corrected chi connectivity index (χ2v) is 2.91. The molecule has 4 N–H and O–H groups in total. The number of rotatable bonds is 0. The summed E-state index contributed by atoms with van der Waals surface area (Å²) >= 11 is 0. The summed E-state index contributed by atoms with van der Waals surface area (Å²) in [6.07, 6.45) is 0. The first-order valence-electron chi connectivity index (χ1n) is 3.79. The first-order valence-corrected chi connectivity index (χ1v) is 3.79. The number of benzene rings is 1. The van der Waals surface area contributed by atoms with Crippen LogP contribution in [0.5, 0.6) is 0 Å². The third-order valence-electron chi connectivity index (χ3n) is 2.12. The van der Waals surface area contributed by atoms with Crippen LogP contribution < -0.4 is 11.5 Å². The van der Waals surface area contributed by atoms with Crippen molar-refractivity contribution >= 4 is 22.4 Å². The van der Waals surface area contributed by atoms with Crippen molar-refractivity contribution in [3.63, 3.8) is 0 Å². The van der Waals surface area contributed by atoms with Crippen LogP contribution in [-0.2, 0) is 7.05 Å². The molecular weight excluding hydrogens is 150 g/mol. The maximum absolute atomic E-state index is 5.79. The molecule has 0 unspecified atom stereocenters. The molecule has 0 atom stereocenters. The highest BCUT2D eigenvalue weighted by atomic mass is 15.0. The van der Waals surface area contributed by atoms with Gasteiger partial charge in [0.25, 0.3) is 0 Å². The highest BCUT2D eigenvalue weighted by Crippen LogP contribution is 2.24. The molecule has 0 spiro atoms. The number of nitrogens with two attached hydrogens (primary N) is 2. The molecule has 0 amide bonds. The topological polar surface area (TPSA) is 57.0 Å². The molecule has 1 aromatic heterocycles. The molecule has 2 rings (SSSR count). The number of nitrogens with zero attached hydrogens (tertiary/aromatic N) is 1. The minimum atomic E-state index is 0.739. The molecule has 0 bridgehead atoms. The Morgan fingerprint density at radius 1 is 1.25 bits per heavy atom. The van der Waals surface area contributed by atoms with Crippen LogP contribution in [0.25, 0.3) is 10.9 Å². The lowest BCUT2D eigenvalue weighted by atomic mass is 10.2. The average molecular weight is 161 g/mol. The minimum Gasteiger partial charge on any atom is -0.397 e. The van der Waals surface area contributed by atoms with Crippen LogP contribution in [-0.4, -0.2) is 4.57 Å². The van der Waals surface area contributed by atoms with Crippen LogP contribution in [0.1, 0.15) is 0 Å². The van der Waals surface area contributed by atoms with E-state index in [1.807, 2.05) is 35.9 Å². The molecule has 0 radical (unpaired) electrons. The number of hydrogen-bond acceptors (Lipinski definition) is 2. The largest absolute Gasteiger partial charge is 0.397 e. The van der Waals surface area contributed by atoms with E-state index in [1.54, 1.807) is 0 Å². The molecule has 0 aliphatic carbocycles. The fourth-order valence-electron chi connectivity index (χ4n) is 1.47. The Morgan fingerprint density at radius 3 is 2.67 bits per heavy atom. The summed E-state index contributed by atoms with van der Waals surface area (Å²) in [5.41, 5.74) is 13.3. The van der Waals surface area contributed by atoms with Crippen molar-refractivity contribution in [2.45, 2.75) is 0 Å². The van der Waals surface area contributed by atoms with Gasteiger partial charge in [-0.15, -0.1) is 0 Å². The zero-order chi connectivity index (χ0) is 8.72. The molecule has 3 nitrogen and oxygen atoms in total.